The summed E-state index contributed by atoms with van der Waals surface area (Å²) in [6.07, 6.45) is 3.25. The first-order valence-electron chi connectivity index (χ1n) is 4.96. The van der Waals surface area contributed by atoms with Crippen molar-refractivity contribution in [3.05, 3.63) is 5.82 Å². The highest BCUT2D eigenvalue weighted by Gasteiger charge is 2.41. The van der Waals surface area contributed by atoms with Crippen LogP contribution in [0.15, 0.2) is 0 Å². The van der Waals surface area contributed by atoms with E-state index in [2.05, 4.69) is 17.0 Å². The van der Waals surface area contributed by atoms with Crippen LogP contribution in [0, 0.1) is 0 Å². The Balaban J connectivity index is 2.38. The summed E-state index contributed by atoms with van der Waals surface area (Å²) in [5.74, 6) is 1.25. The molecule has 1 saturated carbocycles. The average Bonchev–Trinajstić information content (AvgIpc) is 2.61. The molecule has 0 amide bonds. The minimum absolute atomic E-state index is 0.0879. The van der Waals surface area contributed by atoms with Crippen LogP contribution >= 0.6 is 0 Å². The Kier molecular flexibility index (Phi) is 1.99. The number of hydrogen-bond donors (Lipinski definition) is 2. The molecule has 1 aliphatic carbocycles. The summed E-state index contributed by atoms with van der Waals surface area (Å²) < 4.78 is 1.60. The van der Waals surface area contributed by atoms with Gasteiger partial charge in [-0.2, -0.15) is 10.1 Å². The van der Waals surface area contributed by atoms with Crippen molar-refractivity contribution in [3.63, 3.8) is 0 Å². The van der Waals surface area contributed by atoms with Gasteiger partial charge in [-0.25, -0.2) is 4.68 Å². The largest absolute Gasteiger partial charge is 0.368 e. The first-order valence-corrected chi connectivity index (χ1v) is 4.96. The molecule has 0 bridgehead atoms. The van der Waals surface area contributed by atoms with Gasteiger partial charge in [0.05, 0.1) is 0 Å². The van der Waals surface area contributed by atoms with E-state index in [1.165, 1.54) is 0 Å². The quantitative estimate of drug-likeness (QED) is 0.669. The van der Waals surface area contributed by atoms with Crippen molar-refractivity contribution in [2.45, 2.75) is 37.6 Å². The molecule has 5 nitrogen and oxygen atoms in total. The number of nitrogens with zero attached hydrogens (tertiary/aromatic N) is 3. The van der Waals surface area contributed by atoms with Crippen molar-refractivity contribution in [2.75, 3.05) is 5.73 Å². The normalized spacial score (nSPS) is 32.4. The standard InChI is InChI=1S/C9H17N5/c1-9(5-3-4-6(9)10)7-12-8(11)14(2)13-7/h6H,3-5,10H2,1-2H3,(H2,11,12,13). The summed E-state index contributed by atoms with van der Waals surface area (Å²) in [6, 6.07) is 0.157. The maximum Gasteiger partial charge on any atom is 0.218 e. The van der Waals surface area contributed by atoms with Crippen molar-refractivity contribution in [3.8, 4) is 0 Å². The Morgan fingerprint density at radius 1 is 1.57 bits per heavy atom. The van der Waals surface area contributed by atoms with Gasteiger partial charge in [-0.15, -0.1) is 0 Å². The zero-order valence-corrected chi connectivity index (χ0v) is 8.70. The molecular formula is C9H17N5. The number of hydrogen-bond acceptors (Lipinski definition) is 4. The molecule has 1 aromatic rings. The Labute approximate surface area is 83.5 Å². The molecule has 0 aliphatic heterocycles. The van der Waals surface area contributed by atoms with Gasteiger partial charge in [0, 0.05) is 18.5 Å². The van der Waals surface area contributed by atoms with Gasteiger partial charge < -0.3 is 11.5 Å². The van der Waals surface area contributed by atoms with Gasteiger partial charge in [0.25, 0.3) is 0 Å². The third-order valence-corrected chi connectivity index (χ3v) is 3.34. The molecule has 0 aromatic carbocycles. The summed E-state index contributed by atoms with van der Waals surface area (Å²) >= 11 is 0. The highest BCUT2D eigenvalue weighted by molar-refractivity contribution is 5.22. The molecule has 1 aromatic heterocycles. The van der Waals surface area contributed by atoms with Gasteiger partial charge >= 0.3 is 0 Å². The molecule has 0 spiro atoms. The first kappa shape index (κ1) is 9.45. The molecule has 78 valence electrons. The maximum atomic E-state index is 6.07. The van der Waals surface area contributed by atoms with Crippen LogP contribution in [0.25, 0.3) is 0 Å². The molecule has 2 unspecified atom stereocenters. The average molecular weight is 195 g/mol. The summed E-state index contributed by atoms with van der Waals surface area (Å²) in [7, 11) is 1.80. The lowest BCUT2D eigenvalue weighted by Gasteiger charge is -2.25. The van der Waals surface area contributed by atoms with Gasteiger partial charge in [0.15, 0.2) is 5.82 Å². The lowest BCUT2D eigenvalue weighted by molar-refractivity contribution is 0.402. The molecule has 1 heterocycles. The van der Waals surface area contributed by atoms with Crippen LogP contribution in [0.2, 0.25) is 0 Å². The predicted octanol–water partition coefficient (Wildman–Crippen LogP) is 0.166. The van der Waals surface area contributed by atoms with E-state index < -0.39 is 0 Å². The van der Waals surface area contributed by atoms with Crippen molar-refractivity contribution in [2.24, 2.45) is 12.8 Å². The van der Waals surface area contributed by atoms with Gasteiger partial charge in [0.2, 0.25) is 5.95 Å². The fourth-order valence-electron chi connectivity index (χ4n) is 2.11. The highest BCUT2D eigenvalue weighted by Crippen LogP contribution is 2.38. The maximum absolute atomic E-state index is 6.07. The van der Waals surface area contributed by atoms with Gasteiger partial charge in [-0.1, -0.05) is 13.3 Å². The minimum atomic E-state index is -0.0879. The van der Waals surface area contributed by atoms with Crippen molar-refractivity contribution in [1.29, 1.82) is 0 Å². The SMILES string of the molecule is Cn1nc(C2(C)CCCC2N)nc1N. The number of nitrogen functional groups attached to an aromatic ring is 1. The summed E-state index contributed by atoms with van der Waals surface area (Å²) in [5.41, 5.74) is 11.6. The van der Waals surface area contributed by atoms with Crippen LogP contribution in [0.4, 0.5) is 5.95 Å². The fraction of sp³-hybridized carbons (Fsp3) is 0.778. The van der Waals surface area contributed by atoms with E-state index >= 15 is 0 Å². The number of aryl methyl sites for hydroxylation is 1. The van der Waals surface area contributed by atoms with E-state index in [1.807, 2.05) is 0 Å². The van der Waals surface area contributed by atoms with Crippen LogP contribution in [0.5, 0.6) is 0 Å². The van der Waals surface area contributed by atoms with Crippen molar-refractivity contribution in [1.82, 2.24) is 14.8 Å². The van der Waals surface area contributed by atoms with Crippen LogP contribution in [-0.4, -0.2) is 20.8 Å². The van der Waals surface area contributed by atoms with Crippen LogP contribution in [0.3, 0.4) is 0 Å². The highest BCUT2D eigenvalue weighted by atomic mass is 15.4. The van der Waals surface area contributed by atoms with Crippen LogP contribution in [0.1, 0.15) is 32.0 Å². The number of anilines is 1. The van der Waals surface area contributed by atoms with E-state index in [0.29, 0.717) is 5.95 Å². The molecule has 1 fully saturated rings. The van der Waals surface area contributed by atoms with E-state index in [0.717, 1.165) is 25.1 Å². The Morgan fingerprint density at radius 3 is 2.71 bits per heavy atom. The van der Waals surface area contributed by atoms with Gasteiger partial charge in [0.1, 0.15) is 0 Å². The Hall–Kier alpha value is -1.10. The van der Waals surface area contributed by atoms with Gasteiger partial charge in [-0.3, -0.25) is 0 Å². The smallest absolute Gasteiger partial charge is 0.218 e. The van der Waals surface area contributed by atoms with Crippen LogP contribution < -0.4 is 11.5 Å². The molecule has 5 heteroatoms. The lowest BCUT2D eigenvalue weighted by atomic mass is 9.84. The molecule has 4 N–H and O–H groups in total. The Morgan fingerprint density at radius 2 is 2.29 bits per heavy atom. The minimum Gasteiger partial charge on any atom is -0.368 e. The third kappa shape index (κ3) is 1.19. The molecule has 0 radical (unpaired) electrons. The zero-order chi connectivity index (χ0) is 10.3. The van der Waals surface area contributed by atoms with E-state index in [4.69, 9.17) is 11.5 Å². The zero-order valence-electron chi connectivity index (χ0n) is 8.70. The van der Waals surface area contributed by atoms with Gasteiger partial charge in [-0.05, 0) is 12.8 Å². The van der Waals surface area contributed by atoms with Crippen LogP contribution in [-0.2, 0) is 12.5 Å². The Bertz CT molecular complexity index is 325. The number of aromatic nitrogens is 3. The van der Waals surface area contributed by atoms with Crippen molar-refractivity contribution < 1.29 is 0 Å². The molecule has 1 aliphatic rings. The topological polar surface area (TPSA) is 82.8 Å². The lowest BCUT2D eigenvalue weighted by Crippen LogP contribution is -2.39. The number of rotatable bonds is 1. The molecule has 2 atom stereocenters. The van der Waals surface area contributed by atoms with Crippen molar-refractivity contribution >= 4 is 5.95 Å². The third-order valence-electron chi connectivity index (χ3n) is 3.34. The number of nitrogens with two attached hydrogens (primary N) is 2. The predicted molar refractivity (Wildman–Crippen MR) is 54.6 cm³/mol. The summed E-state index contributed by atoms with van der Waals surface area (Å²) in [6.45, 7) is 2.12. The second-order valence-electron chi connectivity index (χ2n) is 4.33. The fourth-order valence-corrected chi connectivity index (χ4v) is 2.11. The summed E-state index contributed by atoms with van der Waals surface area (Å²) in [5, 5.41) is 4.31. The van der Waals surface area contributed by atoms with E-state index in [-0.39, 0.29) is 11.5 Å². The molecular weight excluding hydrogens is 178 g/mol. The second-order valence-corrected chi connectivity index (χ2v) is 4.33. The first-order chi connectivity index (χ1) is 6.54. The molecule has 2 rings (SSSR count). The van der Waals surface area contributed by atoms with E-state index in [1.54, 1.807) is 11.7 Å². The molecule has 0 saturated heterocycles. The second kappa shape index (κ2) is 2.95. The molecule has 14 heavy (non-hydrogen) atoms. The van der Waals surface area contributed by atoms with E-state index in [9.17, 15) is 0 Å². The summed E-state index contributed by atoms with van der Waals surface area (Å²) in [4.78, 5) is 4.26. The monoisotopic (exact) mass is 195 g/mol.